The number of tetrazole rings is 1. The highest BCUT2D eigenvalue weighted by atomic mass is 35.5. The summed E-state index contributed by atoms with van der Waals surface area (Å²) in [7, 11) is 0. The molecule has 7 nitrogen and oxygen atoms in total. The average molecular weight is 541 g/mol. The van der Waals surface area contributed by atoms with Gasteiger partial charge in [0.25, 0.3) is 5.56 Å². The number of aryl methyl sites for hydroxylation is 1. The number of hydrogen-bond acceptors (Lipinski definition) is 5. The first-order valence-corrected chi connectivity index (χ1v) is 13.6. The molecule has 39 heavy (non-hydrogen) atoms. The molecule has 1 atom stereocenters. The number of pyridine rings is 1. The Bertz CT molecular complexity index is 1640. The molecule has 0 aliphatic rings. The molecule has 0 amide bonds. The summed E-state index contributed by atoms with van der Waals surface area (Å²) < 4.78 is 1.86. The van der Waals surface area contributed by atoms with E-state index in [1.54, 1.807) is 0 Å². The van der Waals surface area contributed by atoms with Crippen LogP contribution in [0.5, 0.6) is 0 Å². The Kier molecular flexibility index (Phi) is 7.64. The van der Waals surface area contributed by atoms with Crippen molar-refractivity contribution in [3.05, 3.63) is 122 Å². The van der Waals surface area contributed by atoms with Crippen LogP contribution in [0.3, 0.4) is 0 Å². The first-order chi connectivity index (χ1) is 18.8. The van der Waals surface area contributed by atoms with E-state index in [1.807, 2.05) is 78.3 Å². The molecule has 0 saturated heterocycles. The highest BCUT2D eigenvalue weighted by Crippen LogP contribution is 2.34. The molecule has 1 N–H and O–H groups in total. The predicted octanol–water partition coefficient (Wildman–Crippen LogP) is 6.41. The fraction of sp³-hybridized carbons (Fsp3) is 0.290. The Labute approximate surface area is 233 Å². The molecule has 2 heterocycles. The lowest BCUT2D eigenvalue weighted by Crippen LogP contribution is -2.38. The molecule has 3 aromatic carbocycles. The van der Waals surface area contributed by atoms with E-state index in [2.05, 4.69) is 58.3 Å². The number of nitrogens with one attached hydrogen (secondary N) is 1. The maximum absolute atomic E-state index is 13.8. The second kappa shape index (κ2) is 11.1. The minimum Gasteiger partial charge on any atom is -0.321 e. The van der Waals surface area contributed by atoms with Crippen LogP contribution in [0.15, 0.2) is 83.7 Å². The third kappa shape index (κ3) is 5.51. The molecule has 2 aromatic heterocycles. The Morgan fingerprint density at radius 2 is 1.74 bits per heavy atom. The number of para-hydroxylation sites is 1. The van der Waals surface area contributed by atoms with Gasteiger partial charge in [-0.1, -0.05) is 85.3 Å². The van der Waals surface area contributed by atoms with E-state index in [0.717, 1.165) is 34.0 Å². The van der Waals surface area contributed by atoms with E-state index in [1.165, 1.54) is 0 Å². The normalized spacial score (nSPS) is 12.8. The Morgan fingerprint density at radius 3 is 2.49 bits per heavy atom. The maximum atomic E-state index is 13.8. The zero-order valence-corrected chi connectivity index (χ0v) is 23.5. The van der Waals surface area contributed by atoms with Gasteiger partial charge in [0.2, 0.25) is 0 Å². The molecule has 5 aromatic rings. The van der Waals surface area contributed by atoms with Gasteiger partial charge < -0.3 is 4.98 Å². The number of aromatic nitrogens is 5. The van der Waals surface area contributed by atoms with E-state index in [9.17, 15) is 4.79 Å². The maximum Gasteiger partial charge on any atom is 0.253 e. The SMILES string of the molecule is CCC(C)(C)n1nnnc1[C@@H](c1cc2cccc(C)c2[nH]c1=O)N(Cc1ccccc1)Cc1ccccc1Cl. The summed E-state index contributed by atoms with van der Waals surface area (Å²) in [5, 5.41) is 14.7. The van der Waals surface area contributed by atoms with Crippen LogP contribution >= 0.6 is 11.6 Å². The number of benzene rings is 3. The Morgan fingerprint density at radius 1 is 1.00 bits per heavy atom. The standard InChI is InChI=1S/C31H33ClN6O/c1-5-31(3,4)38-29(34-35-36-38)28(25-18-23-16-11-12-21(2)27(23)33-30(25)39)37(19-22-13-7-6-8-14-22)20-24-15-9-10-17-26(24)32/h6-18,28H,5,19-20H2,1-4H3,(H,33,39)/t28-/m1/s1. The Balaban J connectivity index is 1.76. The number of rotatable bonds is 9. The fourth-order valence-corrected chi connectivity index (χ4v) is 5.15. The quantitative estimate of drug-likeness (QED) is 0.233. The van der Waals surface area contributed by atoms with Crippen LogP contribution in [-0.4, -0.2) is 30.1 Å². The molecule has 5 rings (SSSR count). The molecule has 8 heteroatoms. The number of halogens is 1. The molecular formula is C31H33ClN6O. The van der Waals surface area contributed by atoms with Crippen LogP contribution < -0.4 is 5.56 Å². The highest BCUT2D eigenvalue weighted by Gasteiger charge is 2.34. The molecule has 0 aliphatic carbocycles. The molecule has 0 saturated carbocycles. The van der Waals surface area contributed by atoms with Crippen molar-refractivity contribution in [2.24, 2.45) is 0 Å². The highest BCUT2D eigenvalue weighted by molar-refractivity contribution is 6.31. The monoisotopic (exact) mass is 540 g/mol. The van der Waals surface area contributed by atoms with Gasteiger partial charge in [-0.25, -0.2) is 4.68 Å². The number of fused-ring (bicyclic) bond motifs is 1. The fourth-order valence-electron chi connectivity index (χ4n) is 4.95. The van der Waals surface area contributed by atoms with E-state index in [4.69, 9.17) is 11.6 Å². The molecule has 200 valence electrons. The topological polar surface area (TPSA) is 79.7 Å². The van der Waals surface area contributed by atoms with Crippen molar-refractivity contribution in [3.8, 4) is 0 Å². The lowest BCUT2D eigenvalue weighted by Gasteiger charge is -2.34. The molecule has 0 radical (unpaired) electrons. The summed E-state index contributed by atoms with van der Waals surface area (Å²) in [6.07, 6.45) is 0.814. The van der Waals surface area contributed by atoms with Gasteiger partial charge in [-0.2, -0.15) is 0 Å². The van der Waals surface area contributed by atoms with Crippen molar-refractivity contribution in [1.29, 1.82) is 0 Å². The minimum atomic E-state index is -0.545. The lowest BCUT2D eigenvalue weighted by molar-refractivity contribution is 0.180. The van der Waals surface area contributed by atoms with E-state index in [-0.39, 0.29) is 11.1 Å². The molecular weight excluding hydrogens is 508 g/mol. The molecule has 0 bridgehead atoms. The van der Waals surface area contributed by atoms with Gasteiger partial charge >= 0.3 is 0 Å². The molecule has 0 fully saturated rings. The third-order valence-electron chi connectivity index (χ3n) is 7.51. The van der Waals surface area contributed by atoms with Gasteiger partial charge in [-0.05, 0) is 71.8 Å². The van der Waals surface area contributed by atoms with Gasteiger partial charge in [-0.15, -0.1) is 5.10 Å². The average Bonchev–Trinajstić information content (AvgIpc) is 3.42. The van der Waals surface area contributed by atoms with Gasteiger partial charge in [0, 0.05) is 23.7 Å². The summed E-state index contributed by atoms with van der Waals surface area (Å²) >= 11 is 6.66. The van der Waals surface area contributed by atoms with E-state index in [0.29, 0.717) is 29.5 Å². The van der Waals surface area contributed by atoms with Gasteiger partial charge in [0.1, 0.15) is 6.04 Å². The van der Waals surface area contributed by atoms with Gasteiger partial charge in [-0.3, -0.25) is 9.69 Å². The van der Waals surface area contributed by atoms with Crippen LogP contribution in [0, 0.1) is 6.92 Å². The van der Waals surface area contributed by atoms with Crippen molar-refractivity contribution in [2.45, 2.75) is 58.8 Å². The Hall–Kier alpha value is -3.81. The number of nitrogens with zero attached hydrogens (tertiary/aromatic N) is 5. The summed E-state index contributed by atoms with van der Waals surface area (Å²) in [6.45, 7) is 9.36. The van der Waals surface area contributed by atoms with Crippen molar-refractivity contribution in [2.75, 3.05) is 0 Å². The second-order valence-electron chi connectivity index (χ2n) is 10.6. The van der Waals surface area contributed by atoms with Crippen molar-refractivity contribution in [3.63, 3.8) is 0 Å². The third-order valence-corrected chi connectivity index (χ3v) is 7.88. The summed E-state index contributed by atoms with van der Waals surface area (Å²) in [6, 6.07) is 25.5. The summed E-state index contributed by atoms with van der Waals surface area (Å²) in [4.78, 5) is 19.2. The van der Waals surface area contributed by atoms with E-state index >= 15 is 0 Å². The molecule has 0 aliphatic heterocycles. The van der Waals surface area contributed by atoms with Crippen LogP contribution in [0.4, 0.5) is 0 Å². The van der Waals surface area contributed by atoms with Gasteiger partial charge in [0.15, 0.2) is 5.82 Å². The van der Waals surface area contributed by atoms with Crippen LogP contribution in [0.2, 0.25) is 5.02 Å². The van der Waals surface area contributed by atoms with Crippen LogP contribution in [0.25, 0.3) is 10.9 Å². The van der Waals surface area contributed by atoms with Crippen molar-refractivity contribution < 1.29 is 0 Å². The second-order valence-corrected chi connectivity index (χ2v) is 11.0. The number of hydrogen-bond donors (Lipinski definition) is 1. The predicted molar refractivity (Wildman–Crippen MR) is 156 cm³/mol. The largest absolute Gasteiger partial charge is 0.321 e. The zero-order valence-electron chi connectivity index (χ0n) is 22.7. The smallest absolute Gasteiger partial charge is 0.253 e. The molecule has 0 unspecified atom stereocenters. The van der Waals surface area contributed by atoms with Gasteiger partial charge in [0.05, 0.1) is 11.1 Å². The number of aromatic amines is 1. The summed E-state index contributed by atoms with van der Waals surface area (Å²) in [5.74, 6) is 0.613. The van der Waals surface area contributed by atoms with Crippen molar-refractivity contribution in [1.82, 2.24) is 30.1 Å². The van der Waals surface area contributed by atoms with E-state index < -0.39 is 6.04 Å². The first-order valence-electron chi connectivity index (χ1n) is 13.2. The zero-order chi connectivity index (χ0) is 27.6. The van der Waals surface area contributed by atoms with Crippen LogP contribution in [0.1, 0.15) is 61.3 Å². The van der Waals surface area contributed by atoms with Crippen molar-refractivity contribution >= 4 is 22.5 Å². The first kappa shape index (κ1) is 26.8. The minimum absolute atomic E-state index is 0.164. The number of H-pyrrole nitrogens is 1. The summed E-state index contributed by atoms with van der Waals surface area (Å²) in [5.41, 5.74) is 3.97. The molecule has 0 spiro atoms. The van der Waals surface area contributed by atoms with Crippen LogP contribution in [-0.2, 0) is 18.6 Å². The lowest BCUT2D eigenvalue weighted by atomic mass is 9.98.